The first-order chi connectivity index (χ1) is 14.4. The zero-order chi connectivity index (χ0) is 20.9. The number of amides is 1. The second-order valence-corrected chi connectivity index (χ2v) is 10.2. The van der Waals surface area contributed by atoms with Gasteiger partial charge in [-0.15, -0.1) is 0 Å². The summed E-state index contributed by atoms with van der Waals surface area (Å²) in [7, 11) is -1.96. The molecule has 0 radical (unpaired) electrons. The van der Waals surface area contributed by atoms with E-state index >= 15 is 0 Å². The molecule has 0 aliphatic carbocycles. The Balaban J connectivity index is 1.40. The summed E-state index contributed by atoms with van der Waals surface area (Å²) in [5, 5.41) is -0.632. The first-order valence-electron chi connectivity index (χ1n) is 9.90. The molecular formula is C21H23N3O5S. The molecule has 3 saturated heterocycles. The van der Waals surface area contributed by atoms with Crippen LogP contribution < -0.4 is 4.74 Å². The van der Waals surface area contributed by atoms with Crippen LogP contribution in [0.25, 0.3) is 0 Å². The molecule has 3 atom stereocenters. The number of rotatable bonds is 4. The van der Waals surface area contributed by atoms with Gasteiger partial charge in [-0.05, 0) is 36.2 Å². The number of likely N-dealkylation sites (tertiary alicyclic amines) is 1. The highest BCUT2D eigenvalue weighted by Gasteiger charge is 2.65. The number of benzene rings is 1. The van der Waals surface area contributed by atoms with Crippen LogP contribution in [0.15, 0.2) is 48.8 Å². The Hall–Kier alpha value is -2.49. The molecule has 8 nitrogen and oxygen atoms in total. The maximum Gasteiger partial charge on any atom is 0.255 e. The molecule has 0 unspecified atom stereocenters. The molecule has 3 aliphatic heterocycles. The smallest absolute Gasteiger partial charge is 0.255 e. The zero-order valence-corrected chi connectivity index (χ0v) is 17.4. The minimum atomic E-state index is -3.54. The Labute approximate surface area is 175 Å². The third kappa shape index (κ3) is 3.08. The monoisotopic (exact) mass is 429 g/mol. The summed E-state index contributed by atoms with van der Waals surface area (Å²) in [6, 6.07) is 10.8. The number of aromatic nitrogens is 1. The number of hydrogen-bond donors (Lipinski definition) is 0. The molecule has 3 aliphatic rings. The maximum absolute atomic E-state index is 13.3. The number of hydrogen-bond acceptors (Lipinski definition) is 6. The van der Waals surface area contributed by atoms with Crippen molar-refractivity contribution < 1.29 is 22.7 Å². The molecule has 1 aromatic heterocycles. The van der Waals surface area contributed by atoms with Gasteiger partial charge in [-0.1, -0.05) is 12.1 Å². The van der Waals surface area contributed by atoms with E-state index in [2.05, 4.69) is 4.98 Å². The predicted molar refractivity (Wildman–Crippen MR) is 108 cm³/mol. The van der Waals surface area contributed by atoms with Crippen molar-refractivity contribution in [3.63, 3.8) is 0 Å². The zero-order valence-electron chi connectivity index (χ0n) is 16.6. The normalized spacial score (nSPS) is 29.6. The van der Waals surface area contributed by atoms with Crippen molar-refractivity contribution in [1.82, 2.24) is 14.2 Å². The van der Waals surface area contributed by atoms with E-state index in [0.717, 1.165) is 5.56 Å². The van der Waals surface area contributed by atoms with E-state index in [1.807, 2.05) is 24.3 Å². The van der Waals surface area contributed by atoms with E-state index in [4.69, 9.17) is 9.47 Å². The average molecular weight is 429 g/mol. The summed E-state index contributed by atoms with van der Waals surface area (Å²) in [5.74, 6) is 0.546. The van der Waals surface area contributed by atoms with Crippen LogP contribution in [-0.4, -0.2) is 72.2 Å². The lowest BCUT2D eigenvalue weighted by Gasteiger charge is -2.39. The summed E-state index contributed by atoms with van der Waals surface area (Å²) >= 11 is 0. The second kappa shape index (κ2) is 7.04. The van der Waals surface area contributed by atoms with Crippen molar-refractivity contribution in [2.24, 2.45) is 0 Å². The lowest BCUT2D eigenvalue weighted by atomic mass is 9.99. The summed E-state index contributed by atoms with van der Waals surface area (Å²) in [6.07, 6.45) is 3.30. The van der Waals surface area contributed by atoms with E-state index < -0.39 is 20.9 Å². The van der Waals surface area contributed by atoms with Gasteiger partial charge < -0.3 is 14.4 Å². The lowest BCUT2D eigenvalue weighted by Crippen LogP contribution is -2.56. The Bertz CT molecular complexity index is 1080. The average Bonchev–Trinajstić information content (AvgIpc) is 3.13. The number of carbonyl (C=O) groups is 1. The predicted octanol–water partition coefficient (Wildman–Crippen LogP) is 1.29. The number of methoxy groups -OCH3 is 1. The van der Waals surface area contributed by atoms with Gasteiger partial charge in [0.1, 0.15) is 16.6 Å². The van der Waals surface area contributed by atoms with Crippen LogP contribution in [0.4, 0.5) is 0 Å². The largest absolute Gasteiger partial charge is 0.497 e. The van der Waals surface area contributed by atoms with E-state index in [1.54, 1.807) is 30.3 Å². The molecule has 30 heavy (non-hydrogen) atoms. The van der Waals surface area contributed by atoms with Crippen LogP contribution in [-0.2, 0) is 21.3 Å². The number of ether oxygens (including phenoxy) is 2. The Morgan fingerprint density at radius 2 is 2.17 bits per heavy atom. The quantitative estimate of drug-likeness (QED) is 0.728. The van der Waals surface area contributed by atoms with Gasteiger partial charge in [-0.2, -0.15) is 4.31 Å². The topological polar surface area (TPSA) is 89.0 Å². The molecule has 1 spiro atoms. The number of pyridine rings is 1. The van der Waals surface area contributed by atoms with E-state index in [-0.39, 0.29) is 31.6 Å². The molecular weight excluding hydrogens is 406 g/mol. The van der Waals surface area contributed by atoms with Gasteiger partial charge in [-0.3, -0.25) is 9.78 Å². The van der Waals surface area contributed by atoms with Crippen molar-refractivity contribution >= 4 is 15.9 Å². The standard InChI is InChI=1S/C21H23N3O5S/c1-28-17-6-2-4-15(8-17)11-24-14-21-13-23(20(25)16-5-3-7-22-10-16)12-18(29-21)9-19(21)30(24,26)27/h2-8,10,18-19H,9,11-14H2,1H3/t18-,19+,21+/m1/s1. The molecule has 2 bridgehead atoms. The molecule has 158 valence electrons. The molecule has 1 aromatic carbocycles. The Kier molecular flexibility index (Phi) is 4.57. The third-order valence-corrected chi connectivity index (χ3v) is 8.52. The van der Waals surface area contributed by atoms with Gasteiger partial charge in [0.25, 0.3) is 5.91 Å². The van der Waals surface area contributed by atoms with Crippen LogP contribution in [0.1, 0.15) is 22.3 Å². The molecule has 0 N–H and O–H groups in total. The highest BCUT2D eigenvalue weighted by Crippen LogP contribution is 2.47. The third-order valence-electron chi connectivity index (χ3n) is 6.20. The van der Waals surface area contributed by atoms with Gasteiger partial charge in [0.05, 0.1) is 25.3 Å². The second-order valence-electron chi connectivity index (χ2n) is 8.12. The number of morpholine rings is 1. The summed E-state index contributed by atoms with van der Waals surface area (Å²) in [5.41, 5.74) is 0.462. The van der Waals surface area contributed by atoms with Crippen molar-refractivity contribution in [2.45, 2.75) is 29.9 Å². The van der Waals surface area contributed by atoms with E-state index in [9.17, 15) is 13.2 Å². The van der Waals surface area contributed by atoms with Gasteiger partial charge in [0.2, 0.25) is 10.0 Å². The summed E-state index contributed by atoms with van der Waals surface area (Å²) < 4.78 is 39.6. The molecule has 9 heteroatoms. The van der Waals surface area contributed by atoms with Gasteiger partial charge in [0, 0.05) is 32.0 Å². The van der Waals surface area contributed by atoms with Gasteiger partial charge >= 0.3 is 0 Å². The van der Waals surface area contributed by atoms with Crippen LogP contribution >= 0.6 is 0 Å². The molecule has 4 heterocycles. The van der Waals surface area contributed by atoms with Crippen LogP contribution in [0.2, 0.25) is 0 Å². The van der Waals surface area contributed by atoms with E-state index in [0.29, 0.717) is 24.3 Å². The van der Waals surface area contributed by atoms with Crippen molar-refractivity contribution in [3.8, 4) is 5.75 Å². The first-order valence-corrected chi connectivity index (χ1v) is 11.4. The van der Waals surface area contributed by atoms with Crippen LogP contribution in [0.3, 0.4) is 0 Å². The fraction of sp³-hybridized carbons (Fsp3) is 0.429. The highest BCUT2D eigenvalue weighted by molar-refractivity contribution is 7.90. The van der Waals surface area contributed by atoms with Crippen molar-refractivity contribution in [1.29, 1.82) is 0 Å². The Morgan fingerprint density at radius 3 is 2.93 bits per heavy atom. The molecule has 2 aromatic rings. The van der Waals surface area contributed by atoms with E-state index in [1.165, 1.54) is 10.5 Å². The molecule has 1 amide bonds. The van der Waals surface area contributed by atoms with Crippen molar-refractivity contribution in [3.05, 3.63) is 59.9 Å². The highest BCUT2D eigenvalue weighted by atomic mass is 32.2. The number of sulfonamides is 1. The Morgan fingerprint density at radius 1 is 1.30 bits per heavy atom. The van der Waals surface area contributed by atoms with Gasteiger partial charge in [-0.25, -0.2) is 8.42 Å². The maximum atomic E-state index is 13.3. The fourth-order valence-corrected chi connectivity index (χ4v) is 7.18. The lowest BCUT2D eigenvalue weighted by molar-refractivity contribution is -0.0980. The summed E-state index contributed by atoms with van der Waals surface area (Å²) in [4.78, 5) is 18.7. The molecule has 5 rings (SSSR count). The van der Waals surface area contributed by atoms with Gasteiger partial charge in [0.15, 0.2) is 0 Å². The minimum absolute atomic E-state index is 0.139. The molecule has 3 fully saturated rings. The molecule has 0 saturated carbocycles. The van der Waals surface area contributed by atoms with Crippen molar-refractivity contribution in [2.75, 3.05) is 26.7 Å². The number of nitrogens with zero attached hydrogens (tertiary/aromatic N) is 3. The number of carbonyl (C=O) groups excluding carboxylic acids is 1. The SMILES string of the molecule is COc1cccc(CN2C[C@@]34CN(C(=O)c5cccnc5)C[C@@H](C[C@@H]3S2(=O)=O)O4)c1. The number of fused-ring (bicyclic) bond motifs is 1. The van der Waals surface area contributed by atoms with Crippen LogP contribution in [0, 0.1) is 0 Å². The first kappa shape index (κ1) is 19.5. The summed E-state index contributed by atoms with van der Waals surface area (Å²) in [6.45, 7) is 1.15. The minimum Gasteiger partial charge on any atom is -0.497 e. The van der Waals surface area contributed by atoms with Crippen LogP contribution in [0.5, 0.6) is 5.75 Å². The fourth-order valence-electron chi connectivity index (χ4n) is 4.89.